The molecule has 2 amide bonds. The van der Waals surface area contributed by atoms with Gasteiger partial charge in [-0.1, -0.05) is 30.3 Å². The molecule has 1 aliphatic rings. The van der Waals surface area contributed by atoms with E-state index in [1.807, 2.05) is 30.3 Å². The minimum absolute atomic E-state index is 0.254. The molecular formula is C24H24F3N5O2. The largest absolute Gasteiger partial charge is 0.417 e. The zero-order valence-electron chi connectivity index (χ0n) is 18.5. The number of nitrogens with zero attached hydrogens (tertiary/aromatic N) is 4. The van der Waals surface area contributed by atoms with Gasteiger partial charge in [-0.2, -0.15) is 13.2 Å². The molecule has 178 valence electrons. The van der Waals surface area contributed by atoms with Gasteiger partial charge in [0.15, 0.2) is 5.65 Å². The molecule has 10 heteroatoms. The van der Waals surface area contributed by atoms with Gasteiger partial charge in [-0.25, -0.2) is 0 Å². The monoisotopic (exact) mass is 471 g/mol. The van der Waals surface area contributed by atoms with Gasteiger partial charge in [0.25, 0.3) is 0 Å². The lowest BCUT2D eigenvalue weighted by Gasteiger charge is -2.33. The summed E-state index contributed by atoms with van der Waals surface area (Å²) in [7, 11) is 0. The zero-order chi connectivity index (χ0) is 24.3. The molecule has 3 heterocycles. The second-order valence-corrected chi connectivity index (χ2v) is 8.30. The summed E-state index contributed by atoms with van der Waals surface area (Å²) < 4.78 is 40.8. The molecular weight excluding hydrogens is 447 g/mol. The number of carbonyl (C=O) groups excluding carboxylic acids is 2. The second-order valence-electron chi connectivity index (χ2n) is 8.30. The third-order valence-electron chi connectivity index (χ3n) is 5.81. The van der Waals surface area contributed by atoms with Crippen molar-refractivity contribution in [3.8, 4) is 0 Å². The van der Waals surface area contributed by atoms with Crippen LogP contribution in [0.4, 0.5) is 13.2 Å². The molecule has 4 rings (SSSR count). The van der Waals surface area contributed by atoms with Gasteiger partial charge >= 0.3 is 6.18 Å². The van der Waals surface area contributed by atoms with Gasteiger partial charge in [0.1, 0.15) is 11.9 Å². The number of pyridine rings is 1. The van der Waals surface area contributed by atoms with Crippen LogP contribution < -0.4 is 5.32 Å². The third-order valence-corrected chi connectivity index (χ3v) is 5.81. The highest BCUT2D eigenvalue weighted by Gasteiger charge is 2.33. The van der Waals surface area contributed by atoms with E-state index in [1.54, 1.807) is 17.9 Å². The van der Waals surface area contributed by atoms with Crippen molar-refractivity contribution in [2.24, 2.45) is 0 Å². The first-order chi connectivity index (χ1) is 16.2. The van der Waals surface area contributed by atoms with Crippen molar-refractivity contribution in [3.05, 3.63) is 71.7 Å². The second kappa shape index (κ2) is 9.66. The summed E-state index contributed by atoms with van der Waals surface area (Å²) in [5, 5.41) is 10.8. The Hall–Kier alpha value is -3.69. The van der Waals surface area contributed by atoms with Crippen LogP contribution in [0.25, 0.3) is 11.7 Å². The summed E-state index contributed by atoms with van der Waals surface area (Å²) in [6.45, 7) is 2.40. The van der Waals surface area contributed by atoms with E-state index in [4.69, 9.17) is 0 Å². The molecule has 34 heavy (non-hydrogen) atoms. The molecule has 0 saturated carbocycles. The van der Waals surface area contributed by atoms with Gasteiger partial charge in [0, 0.05) is 31.3 Å². The number of carbonyl (C=O) groups is 2. The van der Waals surface area contributed by atoms with Crippen LogP contribution in [0.1, 0.15) is 42.6 Å². The van der Waals surface area contributed by atoms with E-state index in [0.29, 0.717) is 30.9 Å². The molecule has 1 aromatic carbocycles. The predicted octanol–water partition coefficient (Wildman–Crippen LogP) is 3.67. The fraction of sp³-hybridized carbons (Fsp3) is 0.333. The Balaban J connectivity index is 1.43. The summed E-state index contributed by atoms with van der Waals surface area (Å²) >= 11 is 0. The standard InChI is InChI=1S/C24H24F3N5O2/c1-16(28-21(33)12-9-17-6-3-2-4-7-17)23(34)31-13-5-8-18(14-31)22-30-29-20-11-10-19(15-32(20)22)24(25,26)27/h2-4,6-7,9-12,15-16,18H,5,8,13-14H2,1H3,(H,28,33)/b12-9+. The molecule has 0 bridgehead atoms. The SMILES string of the molecule is CC(NC(=O)/C=C/c1ccccc1)C(=O)N1CCCC(c2nnc3ccc(C(F)(F)F)cn23)C1. The molecule has 1 aliphatic heterocycles. The summed E-state index contributed by atoms with van der Waals surface area (Å²) in [4.78, 5) is 26.8. The Bertz CT molecular complexity index is 1210. The highest BCUT2D eigenvalue weighted by Crippen LogP contribution is 2.31. The minimum atomic E-state index is -4.48. The fourth-order valence-electron chi connectivity index (χ4n) is 4.08. The molecule has 0 aliphatic carbocycles. The number of amides is 2. The van der Waals surface area contributed by atoms with Crippen LogP contribution in [-0.2, 0) is 15.8 Å². The maximum atomic E-state index is 13.2. The van der Waals surface area contributed by atoms with Crippen LogP contribution in [0, 0.1) is 0 Å². The number of piperidine rings is 1. The first kappa shape index (κ1) is 23.5. The molecule has 1 N–H and O–H groups in total. The van der Waals surface area contributed by atoms with Crippen LogP contribution in [0.5, 0.6) is 0 Å². The van der Waals surface area contributed by atoms with E-state index < -0.39 is 17.8 Å². The minimum Gasteiger partial charge on any atom is -0.341 e. The number of nitrogens with one attached hydrogen (secondary N) is 1. The number of aromatic nitrogens is 3. The fourth-order valence-corrected chi connectivity index (χ4v) is 4.08. The molecule has 7 nitrogen and oxygen atoms in total. The molecule has 2 unspecified atom stereocenters. The Labute approximate surface area is 194 Å². The lowest BCUT2D eigenvalue weighted by atomic mass is 9.96. The number of hydrogen-bond acceptors (Lipinski definition) is 4. The summed E-state index contributed by atoms with van der Waals surface area (Å²) in [5.74, 6) is -0.518. The predicted molar refractivity (Wildman–Crippen MR) is 120 cm³/mol. The number of hydrogen-bond donors (Lipinski definition) is 1. The van der Waals surface area contributed by atoms with Gasteiger partial charge in [-0.3, -0.25) is 14.0 Å². The average Bonchev–Trinajstić information content (AvgIpc) is 3.26. The lowest BCUT2D eigenvalue weighted by Crippen LogP contribution is -2.49. The quantitative estimate of drug-likeness (QED) is 0.576. The Morgan fingerprint density at radius 2 is 1.91 bits per heavy atom. The van der Waals surface area contributed by atoms with Gasteiger partial charge in [0.05, 0.1) is 5.56 Å². The highest BCUT2D eigenvalue weighted by molar-refractivity contribution is 5.95. The Morgan fingerprint density at radius 1 is 1.15 bits per heavy atom. The van der Waals surface area contributed by atoms with Crippen LogP contribution in [0.3, 0.4) is 0 Å². The lowest BCUT2D eigenvalue weighted by molar-refractivity contribution is -0.138. The smallest absolute Gasteiger partial charge is 0.341 e. The zero-order valence-corrected chi connectivity index (χ0v) is 18.5. The van der Waals surface area contributed by atoms with Crippen molar-refractivity contribution in [2.45, 2.75) is 37.9 Å². The molecule has 0 spiro atoms. The van der Waals surface area contributed by atoms with Crippen LogP contribution in [0.15, 0.2) is 54.7 Å². The Kier molecular flexibility index (Phi) is 6.67. The molecule has 0 radical (unpaired) electrons. The third kappa shape index (κ3) is 5.27. The number of fused-ring (bicyclic) bond motifs is 1. The first-order valence-electron chi connectivity index (χ1n) is 11.0. The van der Waals surface area contributed by atoms with Crippen molar-refractivity contribution in [3.63, 3.8) is 0 Å². The first-order valence-corrected chi connectivity index (χ1v) is 11.0. The Morgan fingerprint density at radius 3 is 2.65 bits per heavy atom. The molecule has 2 aromatic heterocycles. The van der Waals surface area contributed by atoms with Crippen molar-refractivity contribution in [2.75, 3.05) is 13.1 Å². The van der Waals surface area contributed by atoms with Crippen molar-refractivity contribution in [1.82, 2.24) is 24.8 Å². The van der Waals surface area contributed by atoms with Crippen LogP contribution in [0.2, 0.25) is 0 Å². The molecule has 1 saturated heterocycles. The number of benzene rings is 1. The molecule has 1 fully saturated rings. The van der Waals surface area contributed by atoms with E-state index in [9.17, 15) is 22.8 Å². The van der Waals surface area contributed by atoms with Crippen LogP contribution in [-0.4, -0.2) is 50.4 Å². The summed E-state index contributed by atoms with van der Waals surface area (Å²) in [6, 6.07) is 10.8. The highest BCUT2D eigenvalue weighted by atomic mass is 19.4. The molecule has 2 atom stereocenters. The maximum absolute atomic E-state index is 13.2. The number of alkyl halides is 3. The van der Waals surface area contributed by atoms with Crippen molar-refractivity contribution in [1.29, 1.82) is 0 Å². The van der Waals surface area contributed by atoms with Crippen LogP contribution >= 0.6 is 0 Å². The topological polar surface area (TPSA) is 79.6 Å². The van der Waals surface area contributed by atoms with E-state index in [0.717, 1.165) is 17.8 Å². The number of likely N-dealkylation sites (tertiary alicyclic amines) is 1. The normalized spacial score (nSPS) is 17.8. The molecule has 3 aromatic rings. The van der Waals surface area contributed by atoms with E-state index in [1.165, 1.54) is 16.5 Å². The summed E-state index contributed by atoms with van der Waals surface area (Å²) in [6.07, 6.45) is 0.883. The van der Waals surface area contributed by atoms with E-state index in [-0.39, 0.29) is 24.3 Å². The van der Waals surface area contributed by atoms with Crippen molar-refractivity contribution >= 4 is 23.5 Å². The van der Waals surface area contributed by atoms with Gasteiger partial charge < -0.3 is 10.2 Å². The summed E-state index contributed by atoms with van der Waals surface area (Å²) in [5.41, 5.74) is 0.395. The van der Waals surface area contributed by atoms with Gasteiger partial charge in [-0.05, 0) is 43.5 Å². The van der Waals surface area contributed by atoms with E-state index in [2.05, 4.69) is 15.5 Å². The van der Waals surface area contributed by atoms with Gasteiger partial charge in [0.2, 0.25) is 11.8 Å². The van der Waals surface area contributed by atoms with Gasteiger partial charge in [-0.15, -0.1) is 10.2 Å². The maximum Gasteiger partial charge on any atom is 0.417 e. The number of rotatable bonds is 5. The van der Waals surface area contributed by atoms with E-state index >= 15 is 0 Å². The number of halogens is 3. The average molecular weight is 471 g/mol. The van der Waals surface area contributed by atoms with Crippen molar-refractivity contribution < 1.29 is 22.8 Å².